The molecule has 0 aliphatic rings. The molecule has 0 fully saturated rings. The van der Waals surface area contributed by atoms with Gasteiger partial charge in [-0.3, -0.25) is 0 Å². The summed E-state index contributed by atoms with van der Waals surface area (Å²) in [5.74, 6) is 0.173. The van der Waals surface area contributed by atoms with E-state index in [2.05, 4.69) is 31.3 Å². The van der Waals surface area contributed by atoms with E-state index in [0.717, 1.165) is 0 Å². The van der Waals surface area contributed by atoms with E-state index < -0.39 is 14.6 Å². The molecule has 0 aromatic heterocycles. The van der Waals surface area contributed by atoms with E-state index in [1.165, 1.54) is 11.1 Å². The Morgan fingerprint density at radius 1 is 1.21 bits per heavy atom. The highest BCUT2D eigenvalue weighted by Gasteiger charge is 2.28. The fourth-order valence-electron chi connectivity index (χ4n) is 1.90. The van der Waals surface area contributed by atoms with Crippen molar-refractivity contribution in [1.29, 1.82) is 0 Å². The fraction of sp³-hybridized carbons (Fsp3) is 0.600. The highest BCUT2D eigenvalue weighted by Crippen LogP contribution is 2.18. The van der Waals surface area contributed by atoms with Crippen molar-refractivity contribution in [2.24, 2.45) is 0 Å². The molecule has 1 rings (SSSR count). The van der Waals surface area contributed by atoms with Crippen LogP contribution in [0.2, 0.25) is 0 Å². The summed E-state index contributed by atoms with van der Waals surface area (Å²) >= 11 is 0. The third-order valence-corrected chi connectivity index (χ3v) is 6.02. The normalized spacial score (nSPS) is 14.4. The van der Waals surface area contributed by atoms with E-state index in [4.69, 9.17) is 0 Å². The molecule has 1 aromatic rings. The van der Waals surface area contributed by atoms with Gasteiger partial charge in [0.05, 0.1) is 10.5 Å². The van der Waals surface area contributed by atoms with Crippen molar-refractivity contribution in [3.63, 3.8) is 0 Å². The smallest absolute Gasteiger partial charge is 0.156 e. The molecule has 0 heterocycles. The van der Waals surface area contributed by atoms with E-state index >= 15 is 0 Å². The fourth-order valence-corrected chi connectivity index (χ4v) is 2.90. The lowest BCUT2D eigenvalue weighted by molar-refractivity contribution is 0.546. The summed E-state index contributed by atoms with van der Waals surface area (Å²) in [6, 6.07) is 8.32. The minimum atomic E-state index is -3.05. The summed E-state index contributed by atoms with van der Waals surface area (Å²) in [6.45, 7) is 9.84. The van der Waals surface area contributed by atoms with Crippen LogP contribution in [0.25, 0.3) is 0 Å². The van der Waals surface area contributed by atoms with Crippen molar-refractivity contribution in [3.8, 4) is 0 Å². The van der Waals surface area contributed by atoms with E-state index in [-0.39, 0.29) is 11.8 Å². The zero-order valence-corrected chi connectivity index (χ0v) is 13.3. The quantitative estimate of drug-likeness (QED) is 0.904. The lowest BCUT2D eigenvalue weighted by atomic mass is 10.0. The molecule has 4 heteroatoms. The topological polar surface area (TPSA) is 46.2 Å². The van der Waals surface area contributed by atoms with Crippen LogP contribution in [-0.2, 0) is 9.84 Å². The summed E-state index contributed by atoms with van der Waals surface area (Å²) in [4.78, 5) is 0. The molecule has 0 aliphatic heterocycles. The van der Waals surface area contributed by atoms with Crippen molar-refractivity contribution >= 4 is 9.84 Å². The minimum absolute atomic E-state index is 0.163. The van der Waals surface area contributed by atoms with Crippen LogP contribution in [-0.4, -0.2) is 25.5 Å². The molecule has 0 spiro atoms. The molecule has 0 unspecified atom stereocenters. The summed E-state index contributed by atoms with van der Waals surface area (Å²) in [7, 11) is -3.05. The van der Waals surface area contributed by atoms with E-state index in [1.807, 2.05) is 12.1 Å². The summed E-state index contributed by atoms with van der Waals surface area (Å²) in [6.07, 6.45) is 0. The van der Waals surface area contributed by atoms with Crippen LogP contribution in [0.5, 0.6) is 0 Å². The van der Waals surface area contributed by atoms with Gasteiger partial charge in [-0.2, -0.15) is 0 Å². The first kappa shape index (κ1) is 16.2. The molecule has 0 radical (unpaired) electrons. The predicted octanol–water partition coefficient (Wildman–Crippen LogP) is 2.86. The first-order chi connectivity index (χ1) is 8.65. The Balaban J connectivity index is 2.58. The van der Waals surface area contributed by atoms with Gasteiger partial charge < -0.3 is 5.32 Å². The first-order valence-electron chi connectivity index (χ1n) is 6.66. The first-order valence-corrected chi connectivity index (χ1v) is 8.31. The van der Waals surface area contributed by atoms with Gasteiger partial charge in [0.1, 0.15) is 0 Å². The molecule has 108 valence electrons. The second-order valence-electron chi connectivity index (χ2n) is 5.96. The van der Waals surface area contributed by atoms with Crippen LogP contribution in [0, 0.1) is 6.92 Å². The standard InChI is InChI=1S/C15H25NO2S/c1-12-8-6-7-9-14(12)13(2)16-10-11-19(17,18)15(3,4)5/h6-9,13,16H,10-11H2,1-5H3/t13-/m0/s1. The predicted molar refractivity (Wildman–Crippen MR) is 81.1 cm³/mol. The molecule has 0 saturated carbocycles. The molecule has 0 saturated heterocycles. The Kier molecular flexibility index (Phi) is 5.16. The number of hydrogen-bond donors (Lipinski definition) is 1. The van der Waals surface area contributed by atoms with Crippen molar-refractivity contribution in [3.05, 3.63) is 35.4 Å². The average Bonchev–Trinajstić information content (AvgIpc) is 2.27. The number of benzene rings is 1. The summed E-state index contributed by atoms with van der Waals surface area (Å²) in [5.41, 5.74) is 2.44. The van der Waals surface area contributed by atoms with Crippen LogP contribution in [0.4, 0.5) is 0 Å². The molecule has 1 N–H and O–H groups in total. The van der Waals surface area contributed by atoms with Crippen molar-refractivity contribution < 1.29 is 8.42 Å². The Bertz CT molecular complexity index is 515. The molecule has 3 nitrogen and oxygen atoms in total. The molecule has 0 bridgehead atoms. The Labute approximate surface area is 117 Å². The summed E-state index contributed by atoms with van der Waals surface area (Å²) < 4.78 is 23.3. The Morgan fingerprint density at radius 3 is 2.32 bits per heavy atom. The largest absolute Gasteiger partial charge is 0.309 e. The Hall–Kier alpha value is -0.870. The molecule has 1 atom stereocenters. The Morgan fingerprint density at radius 2 is 1.79 bits per heavy atom. The van der Waals surface area contributed by atoms with Crippen LogP contribution in [0.3, 0.4) is 0 Å². The lowest BCUT2D eigenvalue weighted by Crippen LogP contribution is -2.35. The molecule has 19 heavy (non-hydrogen) atoms. The van der Waals surface area contributed by atoms with E-state index in [0.29, 0.717) is 6.54 Å². The van der Waals surface area contributed by atoms with Crippen molar-refractivity contribution in [2.45, 2.75) is 45.4 Å². The number of aryl methyl sites for hydroxylation is 1. The van der Waals surface area contributed by atoms with Gasteiger partial charge in [-0.1, -0.05) is 24.3 Å². The van der Waals surface area contributed by atoms with Crippen LogP contribution < -0.4 is 5.32 Å². The third-order valence-electron chi connectivity index (χ3n) is 3.41. The van der Waals surface area contributed by atoms with Gasteiger partial charge in [-0.05, 0) is 45.7 Å². The van der Waals surface area contributed by atoms with Crippen molar-refractivity contribution in [1.82, 2.24) is 5.32 Å². The van der Waals surface area contributed by atoms with Gasteiger partial charge in [-0.25, -0.2) is 8.42 Å². The second kappa shape index (κ2) is 6.06. The monoisotopic (exact) mass is 283 g/mol. The minimum Gasteiger partial charge on any atom is -0.309 e. The van der Waals surface area contributed by atoms with Crippen LogP contribution in [0.15, 0.2) is 24.3 Å². The second-order valence-corrected chi connectivity index (χ2v) is 8.83. The molecular formula is C15H25NO2S. The maximum Gasteiger partial charge on any atom is 0.156 e. The van der Waals surface area contributed by atoms with E-state index in [9.17, 15) is 8.42 Å². The molecule has 0 amide bonds. The maximum absolute atomic E-state index is 12.0. The zero-order valence-electron chi connectivity index (χ0n) is 12.5. The van der Waals surface area contributed by atoms with Gasteiger partial charge in [-0.15, -0.1) is 0 Å². The van der Waals surface area contributed by atoms with Crippen molar-refractivity contribution in [2.75, 3.05) is 12.3 Å². The highest BCUT2D eigenvalue weighted by atomic mass is 32.2. The van der Waals surface area contributed by atoms with Gasteiger partial charge in [0.15, 0.2) is 9.84 Å². The highest BCUT2D eigenvalue weighted by molar-refractivity contribution is 7.92. The van der Waals surface area contributed by atoms with Gasteiger partial charge >= 0.3 is 0 Å². The third kappa shape index (κ3) is 4.32. The van der Waals surface area contributed by atoms with E-state index in [1.54, 1.807) is 20.8 Å². The number of nitrogens with one attached hydrogen (secondary N) is 1. The number of sulfone groups is 1. The maximum atomic E-state index is 12.0. The van der Waals surface area contributed by atoms with Crippen LogP contribution >= 0.6 is 0 Å². The number of hydrogen-bond acceptors (Lipinski definition) is 3. The average molecular weight is 283 g/mol. The molecular weight excluding hydrogens is 258 g/mol. The van der Waals surface area contributed by atoms with Gasteiger partial charge in [0, 0.05) is 12.6 Å². The van der Waals surface area contributed by atoms with Gasteiger partial charge in [0.25, 0.3) is 0 Å². The lowest BCUT2D eigenvalue weighted by Gasteiger charge is -2.21. The number of rotatable bonds is 5. The SMILES string of the molecule is Cc1ccccc1[C@H](C)NCCS(=O)(=O)C(C)(C)C. The zero-order chi connectivity index (χ0) is 14.7. The molecule has 1 aromatic carbocycles. The summed E-state index contributed by atoms with van der Waals surface area (Å²) in [5, 5.41) is 3.29. The molecule has 0 aliphatic carbocycles. The van der Waals surface area contributed by atoms with Gasteiger partial charge in [0.2, 0.25) is 0 Å². The van der Waals surface area contributed by atoms with Crippen LogP contribution in [0.1, 0.15) is 44.9 Å².